The van der Waals surface area contributed by atoms with Gasteiger partial charge in [-0.1, -0.05) is 0 Å². The van der Waals surface area contributed by atoms with E-state index >= 15 is 0 Å². The van der Waals surface area contributed by atoms with Gasteiger partial charge in [-0.05, 0) is 6.07 Å². The van der Waals surface area contributed by atoms with Crippen LogP contribution >= 0.6 is 0 Å². The van der Waals surface area contributed by atoms with Crippen molar-refractivity contribution in [2.45, 2.75) is 6.42 Å². The molecule has 0 heterocycles. The van der Waals surface area contributed by atoms with Gasteiger partial charge in [0.2, 0.25) is 0 Å². The van der Waals surface area contributed by atoms with E-state index in [1.54, 1.807) is 0 Å². The number of aromatic hydroxyl groups is 1. The molecule has 0 saturated carbocycles. The topological polar surface area (TPSA) is 66.5 Å². The molecule has 0 radical (unpaired) electrons. The maximum atomic E-state index is 14.2. The zero-order valence-electron chi connectivity index (χ0n) is 10.9. The summed E-state index contributed by atoms with van der Waals surface area (Å²) in [6.07, 6.45) is -0.628. The molecule has 8 heteroatoms. The van der Waals surface area contributed by atoms with Crippen LogP contribution in [0.2, 0.25) is 0 Å². The van der Waals surface area contributed by atoms with Crippen LogP contribution in [0.5, 0.6) is 5.75 Å². The third kappa shape index (κ3) is 2.45. The normalized spacial score (nSPS) is 11.0. The standard InChI is InChI=1S/C14H10F5NO2/c15-7-4-9(22)8(20)3-6(7)10-11(16)5(1-2-21)12(17)14(19)13(10)18/h3-4,21-22H,1-2,20H2. The van der Waals surface area contributed by atoms with Crippen molar-refractivity contribution < 1.29 is 32.2 Å². The lowest BCUT2D eigenvalue weighted by molar-refractivity contribution is 0.293. The van der Waals surface area contributed by atoms with E-state index in [1.165, 1.54) is 0 Å². The second kappa shape index (κ2) is 5.80. The molecule has 22 heavy (non-hydrogen) atoms. The number of halogens is 5. The molecule has 4 N–H and O–H groups in total. The van der Waals surface area contributed by atoms with Gasteiger partial charge in [-0.25, -0.2) is 22.0 Å². The Morgan fingerprint density at radius 1 is 0.909 bits per heavy atom. The van der Waals surface area contributed by atoms with Gasteiger partial charge in [0.25, 0.3) is 0 Å². The van der Waals surface area contributed by atoms with Crippen molar-refractivity contribution in [3.05, 3.63) is 46.8 Å². The molecule has 0 amide bonds. The Bertz CT molecular complexity index is 749. The van der Waals surface area contributed by atoms with Gasteiger partial charge in [0, 0.05) is 30.2 Å². The van der Waals surface area contributed by atoms with E-state index in [-0.39, 0.29) is 0 Å². The summed E-state index contributed by atoms with van der Waals surface area (Å²) in [6, 6.07) is 1.20. The molecule has 0 fully saturated rings. The fourth-order valence-electron chi connectivity index (χ4n) is 2.02. The number of benzene rings is 2. The van der Waals surface area contributed by atoms with Crippen LogP contribution < -0.4 is 5.73 Å². The third-order valence-electron chi connectivity index (χ3n) is 3.10. The Hall–Kier alpha value is -2.35. The SMILES string of the molecule is Nc1cc(-c2c(F)c(F)c(F)c(CCO)c2F)c(F)cc1O. The Balaban J connectivity index is 2.84. The molecular weight excluding hydrogens is 309 g/mol. The Morgan fingerprint density at radius 2 is 1.55 bits per heavy atom. The number of nitrogens with two attached hydrogens (primary N) is 1. The molecule has 3 nitrogen and oxygen atoms in total. The van der Waals surface area contributed by atoms with E-state index in [0.717, 1.165) is 0 Å². The first-order chi connectivity index (χ1) is 10.3. The molecule has 0 spiro atoms. The predicted octanol–water partition coefficient (Wildman–Crippen LogP) is 2.87. The number of phenolic OH excluding ortho intramolecular Hbond substituents is 1. The smallest absolute Gasteiger partial charge is 0.195 e. The summed E-state index contributed by atoms with van der Waals surface area (Å²) >= 11 is 0. The first kappa shape index (κ1) is 16.0. The van der Waals surface area contributed by atoms with Crippen LogP contribution in [0.15, 0.2) is 12.1 Å². The van der Waals surface area contributed by atoms with E-state index in [2.05, 4.69) is 0 Å². The minimum Gasteiger partial charge on any atom is -0.506 e. The number of aliphatic hydroxyl groups excluding tert-OH is 1. The Kier molecular flexibility index (Phi) is 4.23. The highest BCUT2D eigenvalue weighted by molar-refractivity contribution is 5.73. The second-order valence-electron chi connectivity index (χ2n) is 4.47. The predicted molar refractivity (Wildman–Crippen MR) is 68.5 cm³/mol. The second-order valence-corrected chi connectivity index (χ2v) is 4.47. The number of hydrogen-bond acceptors (Lipinski definition) is 3. The first-order valence-corrected chi connectivity index (χ1v) is 6.03. The van der Waals surface area contributed by atoms with Crippen molar-refractivity contribution in [2.75, 3.05) is 12.3 Å². The molecule has 0 aliphatic rings. The monoisotopic (exact) mass is 319 g/mol. The van der Waals surface area contributed by atoms with Crippen molar-refractivity contribution in [1.82, 2.24) is 0 Å². The van der Waals surface area contributed by atoms with Crippen molar-refractivity contribution in [1.29, 1.82) is 0 Å². The summed E-state index contributed by atoms with van der Waals surface area (Å²) in [5, 5.41) is 18.0. The average molecular weight is 319 g/mol. The van der Waals surface area contributed by atoms with Gasteiger partial charge in [0.05, 0.1) is 11.3 Å². The van der Waals surface area contributed by atoms with Crippen LogP contribution in [0.3, 0.4) is 0 Å². The lowest BCUT2D eigenvalue weighted by atomic mass is 9.98. The summed E-state index contributed by atoms with van der Waals surface area (Å²) in [5.74, 6) is -9.20. The molecule has 0 saturated heterocycles. The van der Waals surface area contributed by atoms with Crippen LogP contribution in [0.25, 0.3) is 11.1 Å². The Morgan fingerprint density at radius 3 is 2.14 bits per heavy atom. The summed E-state index contributed by atoms with van der Waals surface area (Å²) in [7, 11) is 0. The molecule has 0 unspecified atom stereocenters. The first-order valence-electron chi connectivity index (χ1n) is 6.03. The maximum absolute atomic E-state index is 14.2. The summed E-state index contributed by atoms with van der Waals surface area (Å²) in [6.45, 7) is -0.724. The fraction of sp³-hybridized carbons (Fsp3) is 0.143. The van der Waals surface area contributed by atoms with E-state index in [9.17, 15) is 27.1 Å². The summed E-state index contributed by atoms with van der Waals surface area (Å²) < 4.78 is 69.0. The number of nitrogen functional groups attached to an aromatic ring is 1. The number of rotatable bonds is 3. The molecule has 0 atom stereocenters. The minimum atomic E-state index is -1.99. The number of hydrogen-bond donors (Lipinski definition) is 3. The molecular formula is C14H10F5NO2. The third-order valence-corrected chi connectivity index (χ3v) is 3.10. The lowest BCUT2D eigenvalue weighted by Crippen LogP contribution is -2.08. The molecule has 2 aromatic carbocycles. The van der Waals surface area contributed by atoms with E-state index in [4.69, 9.17) is 10.8 Å². The van der Waals surface area contributed by atoms with Crippen molar-refractivity contribution in [3.63, 3.8) is 0 Å². The van der Waals surface area contributed by atoms with Crippen LogP contribution in [0, 0.1) is 29.1 Å². The van der Waals surface area contributed by atoms with Crippen LogP contribution in [0.4, 0.5) is 27.6 Å². The molecule has 0 aliphatic carbocycles. The summed E-state index contributed by atoms with van der Waals surface area (Å²) in [5.41, 5.74) is 2.07. The van der Waals surface area contributed by atoms with E-state index < -0.39 is 70.2 Å². The van der Waals surface area contributed by atoms with Gasteiger partial charge in [-0.2, -0.15) is 0 Å². The van der Waals surface area contributed by atoms with Crippen LogP contribution in [0.1, 0.15) is 5.56 Å². The van der Waals surface area contributed by atoms with Crippen molar-refractivity contribution in [3.8, 4) is 16.9 Å². The van der Waals surface area contributed by atoms with Crippen molar-refractivity contribution >= 4 is 5.69 Å². The summed E-state index contributed by atoms with van der Waals surface area (Å²) in [4.78, 5) is 0. The molecule has 2 rings (SSSR count). The van der Waals surface area contributed by atoms with Crippen LogP contribution in [-0.2, 0) is 6.42 Å². The molecule has 0 aliphatic heterocycles. The van der Waals surface area contributed by atoms with Gasteiger partial charge >= 0.3 is 0 Å². The highest BCUT2D eigenvalue weighted by Gasteiger charge is 2.27. The molecule has 0 bridgehead atoms. The van der Waals surface area contributed by atoms with Gasteiger partial charge in [-0.15, -0.1) is 0 Å². The zero-order chi connectivity index (χ0) is 16.6. The highest BCUT2D eigenvalue weighted by atomic mass is 19.2. The number of anilines is 1. The largest absolute Gasteiger partial charge is 0.506 e. The quantitative estimate of drug-likeness (QED) is 0.268. The zero-order valence-corrected chi connectivity index (χ0v) is 10.9. The van der Waals surface area contributed by atoms with Crippen molar-refractivity contribution in [2.24, 2.45) is 0 Å². The van der Waals surface area contributed by atoms with Gasteiger partial charge in [0.15, 0.2) is 17.5 Å². The van der Waals surface area contributed by atoms with Gasteiger partial charge < -0.3 is 15.9 Å². The molecule has 118 valence electrons. The molecule has 0 aromatic heterocycles. The van der Waals surface area contributed by atoms with Gasteiger partial charge in [0.1, 0.15) is 17.4 Å². The van der Waals surface area contributed by atoms with Crippen LogP contribution in [-0.4, -0.2) is 16.8 Å². The highest BCUT2D eigenvalue weighted by Crippen LogP contribution is 2.37. The van der Waals surface area contributed by atoms with E-state index in [1.807, 2.05) is 0 Å². The fourth-order valence-corrected chi connectivity index (χ4v) is 2.02. The van der Waals surface area contributed by atoms with E-state index in [0.29, 0.717) is 12.1 Å². The average Bonchev–Trinajstić information content (AvgIpc) is 2.47. The van der Waals surface area contributed by atoms with Gasteiger partial charge in [-0.3, -0.25) is 0 Å². The lowest BCUT2D eigenvalue weighted by Gasteiger charge is -2.13. The minimum absolute atomic E-state index is 0.399. The Labute approximate surface area is 121 Å². The maximum Gasteiger partial charge on any atom is 0.195 e. The number of aliphatic hydroxyl groups is 1. The number of phenols is 1. The molecule has 2 aromatic rings.